The molecule has 2 heterocycles. The highest BCUT2D eigenvalue weighted by Gasteiger charge is 2.49. The molecular weight excluding hydrogens is 787 g/mol. The lowest BCUT2D eigenvalue weighted by molar-refractivity contribution is 0.775. The average Bonchev–Trinajstić information content (AvgIpc) is 3.63. The van der Waals surface area contributed by atoms with Crippen LogP contribution in [-0.4, -0.2) is 15.0 Å². The van der Waals surface area contributed by atoms with Gasteiger partial charge in [-0.05, 0) is 107 Å². The molecule has 0 atom stereocenters. The first-order valence-electron chi connectivity index (χ1n) is 22.2. The van der Waals surface area contributed by atoms with Gasteiger partial charge in [0.2, 0.25) is 0 Å². The summed E-state index contributed by atoms with van der Waals surface area (Å²) in [5.41, 5.74) is 21.2. The fourth-order valence-electron chi connectivity index (χ4n) is 10.7. The number of benzene rings is 9. The predicted octanol–water partition coefficient (Wildman–Crippen LogP) is 15.4. The van der Waals surface area contributed by atoms with Gasteiger partial charge in [-0.15, -0.1) is 0 Å². The van der Waals surface area contributed by atoms with Gasteiger partial charge in [0.25, 0.3) is 0 Å². The number of hydrogen-bond donors (Lipinski definition) is 0. The Balaban J connectivity index is 1.04. The normalized spacial score (nSPS) is 12.7. The molecular formula is C62H39N3. The van der Waals surface area contributed by atoms with Crippen LogP contribution in [0.5, 0.6) is 0 Å². The van der Waals surface area contributed by atoms with E-state index in [9.17, 15) is 0 Å². The number of nitrogens with zero attached hydrogens (tertiary/aromatic N) is 3. The molecule has 0 radical (unpaired) electrons. The zero-order valence-corrected chi connectivity index (χ0v) is 35.4. The third-order valence-electron chi connectivity index (χ3n) is 13.7. The van der Waals surface area contributed by atoms with Crippen molar-refractivity contribution >= 4 is 10.8 Å². The quantitative estimate of drug-likeness (QED) is 0.173. The molecule has 13 rings (SSSR count). The van der Waals surface area contributed by atoms with Gasteiger partial charge in [0.15, 0.2) is 5.82 Å². The SMILES string of the molecule is c1cncc(-c2ccc(-c3cc(-c4ccc(-c5cccc6ccccc56)cc4)nc(-c4ccc5c(c4)C4(c6ccccc6-c6ccccc6-5)c5ccccc5-c5ccccc54)n3)cc2)c1. The molecule has 0 unspecified atom stereocenters. The Bertz CT molecular complexity index is 3590. The van der Waals surface area contributed by atoms with Crippen molar-refractivity contribution < 1.29 is 0 Å². The average molecular weight is 826 g/mol. The molecule has 9 aromatic carbocycles. The summed E-state index contributed by atoms with van der Waals surface area (Å²) in [4.78, 5) is 15.3. The van der Waals surface area contributed by atoms with Crippen LogP contribution in [0, 0.1) is 0 Å². The van der Waals surface area contributed by atoms with Gasteiger partial charge in [0.05, 0.1) is 16.8 Å². The van der Waals surface area contributed by atoms with Crippen molar-refractivity contribution in [1.82, 2.24) is 15.0 Å². The second-order valence-corrected chi connectivity index (χ2v) is 17.1. The number of rotatable bonds is 5. The summed E-state index contributed by atoms with van der Waals surface area (Å²) in [7, 11) is 0. The number of hydrogen-bond acceptors (Lipinski definition) is 3. The zero-order valence-electron chi connectivity index (χ0n) is 35.4. The first-order valence-corrected chi connectivity index (χ1v) is 22.2. The third kappa shape index (κ3) is 5.79. The van der Waals surface area contributed by atoms with E-state index in [1.807, 2.05) is 18.5 Å². The van der Waals surface area contributed by atoms with Crippen LogP contribution in [0.25, 0.3) is 100 Å². The topological polar surface area (TPSA) is 38.7 Å². The summed E-state index contributed by atoms with van der Waals surface area (Å²) in [6.07, 6.45) is 3.71. The summed E-state index contributed by atoms with van der Waals surface area (Å²) in [6, 6.07) is 81.6. The van der Waals surface area contributed by atoms with E-state index in [1.54, 1.807) is 0 Å². The van der Waals surface area contributed by atoms with Crippen molar-refractivity contribution in [2.45, 2.75) is 5.41 Å². The predicted molar refractivity (Wildman–Crippen MR) is 266 cm³/mol. The molecule has 0 bridgehead atoms. The van der Waals surface area contributed by atoms with Crippen molar-refractivity contribution in [2.75, 3.05) is 0 Å². The fraction of sp³-hybridized carbons (Fsp3) is 0.0161. The largest absolute Gasteiger partial charge is 0.264 e. The molecule has 0 N–H and O–H groups in total. The lowest BCUT2D eigenvalue weighted by atomic mass is 9.65. The van der Waals surface area contributed by atoms with E-state index in [0.29, 0.717) is 5.82 Å². The minimum atomic E-state index is -0.603. The molecule has 65 heavy (non-hydrogen) atoms. The van der Waals surface area contributed by atoms with Gasteiger partial charge in [-0.25, -0.2) is 9.97 Å². The van der Waals surface area contributed by atoms with E-state index < -0.39 is 5.41 Å². The second kappa shape index (κ2) is 14.8. The summed E-state index contributed by atoms with van der Waals surface area (Å²) in [5, 5.41) is 2.47. The highest BCUT2D eigenvalue weighted by atomic mass is 14.9. The zero-order chi connectivity index (χ0) is 42.9. The van der Waals surface area contributed by atoms with Crippen molar-refractivity contribution in [3.05, 3.63) is 259 Å². The van der Waals surface area contributed by atoms with Crippen molar-refractivity contribution in [3.63, 3.8) is 0 Å². The van der Waals surface area contributed by atoms with Crippen LogP contribution >= 0.6 is 0 Å². The minimum Gasteiger partial charge on any atom is -0.264 e. The molecule has 2 aromatic heterocycles. The molecule has 0 fully saturated rings. The summed E-state index contributed by atoms with van der Waals surface area (Å²) < 4.78 is 0. The lowest BCUT2D eigenvalue weighted by Crippen LogP contribution is -2.29. The van der Waals surface area contributed by atoms with Crippen LogP contribution in [0.15, 0.2) is 237 Å². The van der Waals surface area contributed by atoms with E-state index in [1.165, 1.54) is 77.5 Å². The van der Waals surface area contributed by atoms with Gasteiger partial charge in [-0.3, -0.25) is 4.98 Å². The molecule has 0 amide bonds. The molecule has 302 valence electrons. The molecule has 3 nitrogen and oxygen atoms in total. The lowest BCUT2D eigenvalue weighted by Gasteiger charge is -2.35. The molecule has 3 heteroatoms. The summed E-state index contributed by atoms with van der Waals surface area (Å²) in [5.74, 6) is 0.676. The van der Waals surface area contributed by atoms with Gasteiger partial charge in [0, 0.05) is 29.1 Å². The smallest absolute Gasteiger partial charge is 0.160 e. The van der Waals surface area contributed by atoms with Gasteiger partial charge in [-0.2, -0.15) is 0 Å². The van der Waals surface area contributed by atoms with Crippen LogP contribution in [-0.2, 0) is 5.41 Å². The highest BCUT2D eigenvalue weighted by molar-refractivity contribution is 5.99. The Morgan fingerprint density at radius 2 is 0.769 bits per heavy atom. The van der Waals surface area contributed by atoms with E-state index in [4.69, 9.17) is 9.97 Å². The minimum absolute atomic E-state index is 0.603. The van der Waals surface area contributed by atoms with Gasteiger partial charge >= 0.3 is 0 Å². The summed E-state index contributed by atoms with van der Waals surface area (Å²) >= 11 is 0. The van der Waals surface area contributed by atoms with Gasteiger partial charge in [0.1, 0.15) is 0 Å². The maximum Gasteiger partial charge on any atom is 0.160 e. The molecule has 0 aliphatic heterocycles. The van der Waals surface area contributed by atoms with Crippen molar-refractivity contribution in [2.24, 2.45) is 0 Å². The van der Waals surface area contributed by atoms with Crippen LogP contribution in [0.1, 0.15) is 22.3 Å². The second-order valence-electron chi connectivity index (χ2n) is 17.1. The van der Waals surface area contributed by atoms with E-state index in [2.05, 4.69) is 223 Å². The molecule has 0 saturated heterocycles. The van der Waals surface area contributed by atoms with Crippen LogP contribution in [0.4, 0.5) is 0 Å². The fourth-order valence-corrected chi connectivity index (χ4v) is 10.7. The molecule has 2 aliphatic carbocycles. The number of pyridine rings is 1. The molecule has 2 aliphatic rings. The monoisotopic (exact) mass is 825 g/mol. The highest BCUT2D eigenvalue weighted by Crippen LogP contribution is 2.61. The first kappa shape index (κ1) is 37.1. The van der Waals surface area contributed by atoms with Crippen molar-refractivity contribution in [1.29, 1.82) is 0 Å². The number of aromatic nitrogens is 3. The Labute approximate surface area is 378 Å². The Kier molecular flexibility index (Phi) is 8.44. The van der Waals surface area contributed by atoms with Crippen LogP contribution in [0.2, 0.25) is 0 Å². The van der Waals surface area contributed by atoms with E-state index in [0.717, 1.165) is 39.2 Å². The molecule has 0 saturated carbocycles. The van der Waals surface area contributed by atoms with E-state index >= 15 is 0 Å². The standard InChI is InChI=1S/C62H39N3/c1-2-16-47-41(13-1)14-11-22-48(47)42-28-32-44(33-29-42)60-38-59(43-30-26-40(27-31-43)46-15-12-36-63-39-46)64-61(65-60)45-34-35-54-50-18-4-3-17-49(50)51-19-5-8-23-55(51)62(58(54)37-45)56-24-9-6-20-52(56)53-21-7-10-25-57(53)62/h1-39H. The maximum absolute atomic E-state index is 5.46. The summed E-state index contributed by atoms with van der Waals surface area (Å²) in [6.45, 7) is 0. The Morgan fingerprint density at radius 3 is 1.38 bits per heavy atom. The van der Waals surface area contributed by atoms with Crippen molar-refractivity contribution in [3.8, 4) is 89.5 Å². The van der Waals surface area contributed by atoms with E-state index in [-0.39, 0.29) is 0 Å². The number of fused-ring (bicyclic) bond motifs is 13. The van der Waals surface area contributed by atoms with Crippen LogP contribution < -0.4 is 0 Å². The Hall–Kier alpha value is -8.53. The van der Waals surface area contributed by atoms with Gasteiger partial charge < -0.3 is 0 Å². The molecule has 1 spiro atoms. The third-order valence-corrected chi connectivity index (χ3v) is 13.7. The molecule has 11 aromatic rings. The Morgan fingerprint density at radius 1 is 0.292 bits per heavy atom. The van der Waals surface area contributed by atoms with Gasteiger partial charge in [-0.1, -0.05) is 206 Å². The first-order chi connectivity index (χ1) is 32.2. The van der Waals surface area contributed by atoms with Crippen LogP contribution in [0.3, 0.4) is 0 Å². The maximum atomic E-state index is 5.46.